The smallest absolute Gasteiger partial charge is 0.407 e. The van der Waals surface area contributed by atoms with Crippen LogP contribution in [0.2, 0.25) is 0 Å². The van der Waals surface area contributed by atoms with Crippen molar-refractivity contribution in [3.63, 3.8) is 0 Å². The zero-order valence-electron chi connectivity index (χ0n) is 20.7. The van der Waals surface area contributed by atoms with Gasteiger partial charge in [0.2, 0.25) is 5.91 Å². The largest absolute Gasteiger partial charge is 0.443 e. The lowest BCUT2D eigenvalue weighted by atomic mass is 10.00. The lowest BCUT2D eigenvalue weighted by molar-refractivity contribution is -0.124. The van der Waals surface area contributed by atoms with Crippen molar-refractivity contribution in [2.45, 2.75) is 37.8 Å². The summed E-state index contributed by atoms with van der Waals surface area (Å²) < 4.78 is 12.9. The first kappa shape index (κ1) is 27.5. The van der Waals surface area contributed by atoms with E-state index in [1.165, 1.54) is 12.2 Å². The molecule has 0 saturated heterocycles. The lowest BCUT2D eigenvalue weighted by Gasteiger charge is -2.25. The van der Waals surface area contributed by atoms with Crippen LogP contribution in [0, 0.1) is 0 Å². The van der Waals surface area contributed by atoms with Gasteiger partial charge in [-0.05, 0) is 24.6 Å². The van der Waals surface area contributed by atoms with Crippen LogP contribution in [0.25, 0.3) is 5.65 Å². The number of rotatable bonds is 13. The quantitative estimate of drug-likeness (QED) is 0.255. The Hall–Kier alpha value is -4.06. The molecule has 0 unspecified atom stereocenters. The average Bonchev–Trinajstić information content (AvgIpc) is 3.35. The fourth-order valence-corrected chi connectivity index (χ4v) is 3.39. The van der Waals surface area contributed by atoms with Gasteiger partial charge < -0.3 is 30.9 Å². The summed E-state index contributed by atoms with van der Waals surface area (Å²) in [6.07, 6.45) is 1.20. The van der Waals surface area contributed by atoms with Crippen LogP contribution in [-0.4, -0.2) is 56.5 Å². The summed E-state index contributed by atoms with van der Waals surface area (Å²) in [4.78, 5) is 25.1. The number of carbonyl (C=O) groups excluding carboxylic acids is 2. The van der Waals surface area contributed by atoms with Crippen LogP contribution >= 0.6 is 0 Å². The Morgan fingerprint density at radius 1 is 1.14 bits per heavy atom. The molecular weight excluding hydrogens is 476 g/mol. The van der Waals surface area contributed by atoms with Crippen LogP contribution in [0.15, 0.2) is 73.8 Å². The molecule has 0 spiro atoms. The summed E-state index contributed by atoms with van der Waals surface area (Å²) in [5, 5.41) is 23.2. The summed E-state index contributed by atoms with van der Waals surface area (Å²) in [6.45, 7) is 9.12. The highest BCUT2D eigenvalue weighted by atomic mass is 16.5. The number of pyridine rings is 1. The zero-order chi connectivity index (χ0) is 26.8. The molecule has 2 atom stereocenters. The van der Waals surface area contributed by atoms with Gasteiger partial charge in [0.25, 0.3) is 0 Å². The molecule has 11 nitrogen and oxygen atoms in total. The number of carbonyl (C=O) groups is 2. The van der Waals surface area contributed by atoms with Crippen LogP contribution in [0.4, 0.5) is 4.79 Å². The Kier molecular flexibility index (Phi) is 9.50. The second kappa shape index (κ2) is 12.8. The molecule has 0 aliphatic heterocycles. The maximum absolute atomic E-state index is 13.0. The van der Waals surface area contributed by atoms with Crippen LogP contribution in [0.1, 0.15) is 30.0 Å². The minimum Gasteiger partial charge on any atom is -0.443 e. The predicted molar refractivity (Wildman–Crippen MR) is 137 cm³/mol. The molecule has 2 aromatic heterocycles. The number of ether oxygens (including phenoxy) is 2. The number of nitrogens with one attached hydrogen (secondary N) is 2. The summed E-state index contributed by atoms with van der Waals surface area (Å²) in [5.41, 5.74) is 6.61. The lowest BCUT2D eigenvalue weighted by Crippen LogP contribution is -2.52. The molecule has 5 N–H and O–H groups in total. The summed E-state index contributed by atoms with van der Waals surface area (Å²) in [6, 6.07) is 14.0. The van der Waals surface area contributed by atoms with Crippen LogP contribution in [-0.2, 0) is 27.5 Å². The second-order valence-corrected chi connectivity index (χ2v) is 8.44. The van der Waals surface area contributed by atoms with Crippen molar-refractivity contribution in [2.75, 3.05) is 13.2 Å². The van der Waals surface area contributed by atoms with E-state index in [4.69, 9.17) is 15.2 Å². The Morgan fingerprint density at radius 2 is 1.86 bits per heavy atom. The van der Waals surface area contributed by atoms with Gasteiger partial charge in [-0.15, -0.1) is 23.4 Å². The molecule has 2 heterocycles. The molecule has 196 valence electrons. The summed E-state index contributed by atoms with van der Waals surface area (Å²) in [5.74, 6) is -0.190. The standard InChI is InChI=1S/C26H32N6O5/c1-4-26(27,5-2)24(34)29-21(17-36-15-19-10-7-6-8-11-19)23-31-30-22-13-9-12-20(32(22)23)16-37-25(35)28-14-18(3)33/h4-13,18,21,33H,1-2,14-17,27H2,3H3,(H,28,35)(H,29,34)/t18-,21-/m1/s1. The number of alkyl carbamates (subject to hydrolysis) is 1. The fraction of sp³-hybridized carbons (Fsp3) is 0.308. The molecule has 37 heavy (non-hydrogen) atoms. The minimum absolute atomic E-state index is 0.0514. The number of aliphatic hydroxyl groups excluding tert-OH is 1. The van der Waals surface area contributed by atoms with Gasteiger partial charge in [-0.25, -0.2) is 4.79 Å². The van der Waals surface area contributed by atoms with Crippen molar-refractivity contribution < 1.29 is 24.2 Å². The highest BCUT2D eigenvalue weighted by Crippen LogP contribution is 2.19. The number of aliphatic hydroxyl groups is 1. The van der Waals surface area contributed by atoms with Gasteiger partial charge in [-0.2, -0.15) is 0 Å². The van der Waals surface area contributed by atoms with Gasteiger partial charge in [0.15, 0.2) is 11.5 Å². The minimum atomic E-state index is -1.51. The first-order chi connectivity index (χ1) is 17.8. The highest BCUT2D eigenvalue weighted by molar-refractivity contribution is 5.90. The Balaban J connectivity index is 1.87. The molecule has 11 heteroatoms. The van der Waals surface area contributed by atoms with E-state index < -0.39 is 29.7 Å². The zero-order valence-corrected chi connectivity index (χ0v) is 20.7. The molecule has 1 aromatic carbocycles. The van der Waals surface area contributed by atoms with Crippen molar-refractivity contribution in [3.8, 4) is 0 Å². The Morgan fingerprint density at radius 3 is 2.54 bits per heavy atom. The maximum atomic E-state index is 13.0. The van der Waals surface area contributed by atoms with Crippen molar-refractivity contribution in [2.24, 2.45) is 5.73 Å². The SMILES string of the molecule is C=CC(N)(C=C)C(=O)N[C@H](COCc1ccccc1)c1nnc2cccc(COC(=O)NC[C@@H](C)O)n12. The first-order valence-electron chi connectivity index (χ1n) is 11.7. The van der Waals surface area contributed by atoms with E-state index in [-0.39, 0.29) is 19.8 Å². The topological polar surface area (TPSA) is 153 Å². The molecule has 0 bridgehead atoms. The van der Waals surface area contributed by atoms with Crippen molar-refractivity contribution in [1.82, 2.24) is 25.2 Å². The van der Waals surface area contributed by atoms with Gasteiger partial charge >= 0.3 is 6.09 Å². The summed E-state index contributed by atoms with van der Waals surface area (Å²) in [7, 11) is 0. The monoisotopic (exact) mass is 508 g/mol. The van der Waals surface area contributed by atoms with E-state index >= 15 is 0 Å². The van der Waals surface area contributed by atoms with Gasteiger partial charge in [0.1, 0.15) is 18.2 Å². The Labute approximate surface area is 215 Å². The van der Waals surface area contributed by atoms with Crippen LogP contribution in [0.5, 0.6) is 0 Å². The van der Waals surface area contributed by atoms with E-state index in [9.17, 15) is 14.7 Å². The number of nitrogens with two attached hydrogens (primary N) is 1. The molecule has 3 rings (SSSR count). The number of aromatic nitrogens is 3. The molecule has 0 saturated carbocycles. The van der Waals surface area contributed by atoms with Gasteiger partial charge in [-0.1, -0.05) is 48.6 Å². The maximum Gasteiger partial charge on any atom is 0.407 e. The number of amides is 2. The number of fused-ring (bicyclic) bond motifs is 1. The molecular formula is C26H32N6O5. The molecule has 0 aliphatic carbocycles. The van der Waals surface area contributed by atoms with E-state index in [0.29, 0.717) is 23.8 Å². The molecule has 3 aromatic rings. The number of nitrogens with zero attached hydrogens (tertiary/aromatic N) is 3. The predicted octanol–water partition coefficient (Wildman–Crippen LogP) is 1.78. The van der Waals surface area contributed by atoms with E-state index in [1.807, 2.05) is 30.3 Å². The van der Waals surface area contributed by atoms with Crippen molar-refractivity contribution >= 4 is 17.6 Å². The number of hydrogen-bond acceptors (Lipinski definition) is 8. The molecule has 2 amide bonds. The average molecular weight is 509 g/mol. The number of hydrogen-bond donors (Lipinski definition) is 4. The van der Waals surface area contributed by atoms with E-state index in [2.05, 4.69) is 34.0 Å². The number of benzene rings is 1. The molecule has 0 fully saturated rings. The first-order valence-corrected chi connectivity index (χ1v) is 11.7. The highest BCUT2D eigenvalue weighted by Gasteiger charge is 2.31. The van der Waals surface area contributed by atoms with Gasteiger partial charge in [0, 0.05) is 6.54 Å². The van der Waals surface area contributed by atoms with E-state index in [1.54, 1.807) is 29.5 Å². The Bertz CT molecular complexity index is 1220. The normalized spacial score (nSPS) is 12.9. The van der Waals surface area contributed by atoms with E-state index in [0.717, 1.165) is 5.56 Å². The third kappa shape index (κ3) is 7.23. The molecule has 0 aliphatic rings. The summed E-state index contributed by atoms with van der Waals surface area (Å²) >= 11 is 0. The van der Waals surface area contributed by atoms with Crippen LogP contribution in [0.3, 0.4) is 0 Å². The third-order valence-electron chi connectivity index (χ3n) is 5.51. The van der Waals surface area contributed by atoms with Crippen molar-refractivity contribution in [1.29, 1.82) is 0 Å². The third-order valence-corrected chi connectivity index (χ3v) is 5.51. The van der Waals surface area contributed by atoms with Crippen molar-refractivity contribution in [3.05, 3.63) is 90.9 Å². The fourth-order valence-electron chi connectivity index (χ4n) is 3.39. The van der Waals surface area contributed by atoms with Crippen LogP contribution < -0.4 is 16.4 Å². The molecule has 0 radical (unpaired) electrons. The van der Waals surface area contributed by atoms with Gasteiger partial charge in [-0.3, -0.25) is 9.20 Å². The van der Waals surface area contributed by atoms with Gasteiger partial charge in [0.05, 0.1) is 25.0 Å². The second-order valence-electron chi connectivity index (χ2n) is 8.44.